The van der Waals surface area contributed by atoms with E-state index in [1.54, 1.807) is 16.8 Å². The maximum atomic E-state index is 13.8. The standard InChI is InChI=1S/C22H23F2N3O/c1-13(2)20-19(22(28)25-17-10-8-15(23)9-11-17)21(14(3)4)27(26-20)18-7-5-6-16(24)12-18/h5-14H,1-4H3,(H,25,28). The second-order valence-corrected chi connectivity index (χ2v) is 7.31. The van der Waals surface area contributed by atoms with Crippen LogP contribution in [0.15, 0.2) is 48.5 Å². The van der Waals surface area contributed by atoms with Crippen molar-refractivity contribution < 1.29 is 13.6 Å². The summed E-state index contributed by atoms with van der Waals surface area (Å²) >= 11 is 0. The van der Waals surface area contributed by atoms with Gasteiger partial charge in [-0.3, -0.25) is 4.79 Å². The quantitative estimate of drug-likeness (QED) is 0.619. The van der Waals surface area contributed by atoms with Crippen molar-refractivity contribution in [1.29, 1.82) is 0 Å². The van der Waals surface area contributed by atoms with Gasteiger partial charge in [0, 0.05) is 5.69 Å². The van der Waals surface area contributed by atoms with E-state index in [0.717, 1.165) is 0 Å². The second-order valence-electron chi connectivity index (χ2n) is 7.31. The molecule has 0 aliphatic rings. The fraction of sp³-hybridized carbons (Fsp3) is 0.273. The van der Waals surface area contributed by atoms with Crippen LogP contribution >= 0.6 is 0 Å². The third-order valence-corrected chi connectivity index (χ3v) is 4.42. The van der Waals surface area contributed by atoms with E-state index in [-0.39, 0.29) is 29.4 Å². The number of anilines is 1. The Morgan fingerprint density at radius 2 is 1.64 bits per heavy atom. The largest absolute Gasteiger partial charge is 0.322 e. The average Bonchev–Trinajstić information content (AvgIpc) is 3.05. The molecule has 6 heteroatoms. The molecule has 0 aliphatic carbocycles. The summed E-state index contributed by atoms with van der Waals surface area (Å²) in [6.07, 6.45) is 0. The van der Waals surface area contributed by atoms with Gasteiger partial charge in [0.2, 0.25) is 0 Å². The first-order valence-electron chi connectivity index (χ1n) is 9.23. The molecule has 0 fully saturated rings. The molecule has 0 radical (unpaired) electrons. The van der Waals surface area contributed by atoms with Gasteiger partial charge in [0.25, 0.3) is 5.91 Å². The van der Waals surface area contributed by atoms with E-state index in [4.69, 9.17) is 0 Å². The van der Waals surface area contributed by atoms with Crippen LogP contribution in [-0.4, -0.2) is 15.7 Å². The van der Waals surface area contributed by atoms with Gasteiger partial charge in [-0.15, -0.1) is 0 Å². The fourth-order valence-corrected chi connectivity index (χ4v) is 3.15. The van der Waals surface area contributed by atoms with Gasteiger partial charge in [0.15, 0.2) is 0 Å². The third kappa shape index (κ3) is 3.96. The first-order chi connectivity index (χ1) is 13.3. The van der Waals surface area contributed by atoms with Crippen LogP contribution in [0.2, 0.25) is 0 Å². The lowest BCUT2D eigenvalue weighted by atomic mass is 9.98. The molecule has 0 bridgehead atoms. The van der Waals surface area contributed by atoms with Crippen LogP contribution in [-0.2, 0) is 0 Å². The lowest BCUT2D eigenvalue weighted by molar-refractivity contribution is 0.102. The van der Waals surface area contributed by atoms with Crippen LogP contribution < -0.4 is 5.32 Å². The lowest BCUT2D eigenvalue weighted by Crippen LogP contribution is -2.17. The van der Waals surface area contributed by atoms with Crippen LogP contribution in [0, 0.1) is 11.6 Å². The second kappa shape index (κ2) is 7.92. The molecule has 1 amide bonds. The van der Waals surface area contributed by atoms with Crippen LogP contribution in [0.1, 0.15) is 61.3 Å². The molecule has 3 aromatic rings. The van der Waals surface area contributed by atoms with Crippen molar-refractivity contribution in [2.45, 2.75) is 39.5 Å². The van der Waals surface area contributed by atoms with E-state index in [0.29, 0.717) is 28.3 Å². The number of halogens is 2. The predicted molar refractivity (Wildman–Crippen MR) is 106 cm³/mol. The Hall–Kier alpha value is -3.02. The summed E-state index contributed by atoms with van der Waals surface area (Å²) in [5.74, 6) is -1.10. The van der Waals surface area contributed by atoms with Crippen LogP contribution in [0.4, 0.5) is 14.5 Å². The molecule has 3 rings (SSSR count). The molecule has 0 unspecified atom stereocenters. The van der Waals surface area contributed by atoms with Crippen LogP contribution in [0.3, 0.4) is 0 Å². The molecule has 1 aromatic heterocycles. The van der Waals surface area contributed by atoms with Gasteiger partial charge in [0.05, 0.1) is 22.6 Å². The van der Waals surface area contributed by atoms with Crippen LogP contribution in [0.25, 0.3) is 5.69 Å². The van der Waals surface area contributed by atoms with E-state index in [9.17, 15) is 13.6 Å². The summed E-state index contributed by atoms with van der Waals surface area (Å²) < 4.78 is 28.6. The Bertz CT molecular complexity index is 992. The molecule has 28 heavy (non-hydrogen) atoms. The van der Waals surface area contributed by atoms with Crippen molar-refractivity contribution in [1.82, 2.24) is 9.78 Å². The first-order valence-corrected chi connectivity index (χ1v) is 9.23. The highest BCUT2D eigenvalue weighted by atomic mass is 19.1. The van der Waals surface area contributed by atoms with Crippen molar-refractivity contribution in [3.8, 4) is 5.69 Å². The number of rotatable bonds is 5. The van der Waals surface area contributed by atoms with Gasteiger partial charge >= 0.3 is 0 Å². The SMILES string of the molecule is CC(C)c1nn(-c2cccc(F)c2)c(C(C)C)c1C(=O)Nc1ccc(F)cc1. The highest BCUT2D eigenvalue weighted by molar-refractivity contribution is 6.06. The Balaban J connectivity index is 2.12. The van der Waals surface area contributed by atoms with E-state index in [1.165, 1.54) is 36.4 Å². The highest BCUT2D eigenvalue weighted by Gasteiger charge is 2.28. The number of nitrogens with zero attached hydrogens (tertiary/aromatic N) is 2. The minimum Gasteiger partial charge on any atom is -0.322 e. The van der Waals surface area contributed by atoms with Crippen molar-refractivity contribution in [3.05, 3.63) is 77.1 Å². The summed E-state index contributed by atoms with van der Waals surface area (Å²) in [6.45, 7) is 7.84. The topological polar surface area (TPSA) is 46.9 Å². The van der Waals surface area contributed by atoms with Gasteiger partial charge in [-0.25, -0.2) is 13.5 Å². The first kappa shape index (κ1) is 19.7. The molecule has 1 N–H and O–H groups in total. The summed E-state index contributed by atoms with van der Waals surface area (Å²) in [6, 6.07) is 11.7. The smallest absolute Gasteiger partial charge is 0.259 e. The molecule has 146 valence electrons. The number of amides is 1. The van der Waals surface area contributed by atoms with E-state index < -0.39 is 0 Å². The number of hydrogen-bond acceptors (Lipinski definition) is 2. The highest BCUT2D eigenvalue weighted by Crippen LogP contribution is 2.30. The summed E-state index contributed by atoms with van der Waals surface area (Å²) in [5.41, 5.74) is 2.86. The van der Waals surface area contributed by atoms with Gasteiger partial charge in [-0.2, -0.15) is 5.10 Å². The molecule has 0 aliphatic heterocycles. The Labute approximate surface area is 163 Å². The number of aromatic nitrogens is 2. The lowest BCUT2D eigenvalue weighted by Gasteiger charge is -2.13. The summed E-state index contributed by atoms with van der Waals surface area (Å²) in [7, 11) is 0. The molecular weight excluding hydrogens is 360 g/mol. The molecule has 1 heterocycles. The molecule has 2 aromatic carbocycles. The number of hydrogen-bond donors (Lipinski definition) is 1. The molecule has 0 spiro atoms. The summed E-state index contributed by atoms with van der Waals surface area (Å²) in [5, 5.41) is 7.47. The zero-order chi connectivity index (χ0) is 20.4. The van der Waals surface area contributed by atoms with Gasteiger partial charge in [-0.1, -0.05) is 33.8 Å². The van der Waals surface area contributed by atoms with Crippen LogP contribution in [0.5, 0.6) is 0 Å². The molecule has 0 saturated carbocycles. The van der Waals surface area contributed by atoms with Gasteiger partial charge in [0.1, 0.15) is 11.6 Å². The molecule has 4 nitrogen and oxygen atoms in total. The minimum atomic E-state index is -0.373. The Kier molecular flexibility index (Phi) is 5.58. The van der Waals surface area contributed by atoms with Gasteiger partial charge < -0.3 is 5.32 Å². The number of benzene rings is 2. The molecule has 0 saturated heterocycles. The Morgan fingerprint density at radius 1 is 0.964 bits per heavy atom. The van der Waals surface area contributed by atoms with Crippen molar-refractivity contribution in [2.24, 2.45) is 0 Å². The monoisotopic (exact) mass is 383 g/mol. The van der Waals surface area contributed by atoms with Crippen molar-refractivity contribution in [2.75, 3.05) is 5.32 Å². The van der Waals surface area contributed by atoms with Gasteiger partial charge in [-0.05, 0) is 54.3 Å². The average molecular weight is 383 g/mol. The fourth-order valence-electron chi connectivity index (χ4n) is 3.15. The van der Waals surface area contributed by atoms with E-state index >= 15 is 0 Å². The Morgan fingerprint density at radius 3 is 2.21 bits per heavy atom. The predicted octanol–water partition coefficient (Wildman–Crippen LogP) is 5.65. The zero-order valence-electron chi connectivity index (χ0n) is 16.3. The maximum absolute atomic E-state index is 13.8. The number of carbonyl (C=O) groups is 1. The number of nitrogens with one attached hydrogen (secondary N) is 1. The number of carbonyl (C=O) groups excluding carboxylic acids is 1. The van der Waals surface area contributed by atoms with Crippen molar-refractivity contribution in [3.63, 3.8) is 0 Å². The third-order valence-electron chi connectivity index (χ3n) is 4.42. The molecular formula is C22H23F2N3O. The molecule has 0 atom stereocenters. The maximum Gasteiger partial charge on any atom is 0.259 e. The van der Waals surface area contributed by atoms with E-state index in [1.807, 2.05) is 27.7 Å². The summed E-state index contributed by atoms with van der Waals surface area (Å²) in [4.78, 5) is 13.1. The van der Waals surface area contributed by atoms with Crippen molar-refractivity contribution >= 4 is 11.6 Å². The minimum absolute atomic E-state index is 0.0127. The zero-order valence-corrected chi connectivity index (χ0v) is 16.3. The van der Waals surface area contributed by atoms with E-state index in [2.05, 4.69) is 10.4 Å². The normalized spacial score (nSPS) is 11.3.